The fraction of sp³-hybridized carbons (Fsp3) is 0.111. The zero-order valence-electron chi connectivity index (χ0n) is 15.7. The van der Waals surface area contributed by atoms with E-state index in [2.05, 4.69) is 90.5 Å². The van der Waals surface area contributed by atoms with Gasteiger partial charge in [0.05, 0.1) is 0 Å². The van der Waals surface area contributed by atoms with E-state index >= 15 is 0 Å². The molecule has 0 fully saturated rings. The van der Waals surface area contributed by atoms with Gasteiger partial charge in [0.1, 0.15) is 0 Å². The number of hydrogen-bond donors (Lipinski definition) is 0. The smallest absolute Gasteiger partial charge is 0.0492 e. The van der Waals surface area contributed by atoms with Crippen LogP contribution < -0.4 is 0 Å². The second-order valence-electron chi connectivity index (χ2n) is 8.16. The molecule has 132 valence electrons. The van der Waals surface area contributed by atoms with Crippen molar-refractivity contribution >= 4 is 38.5 Å². The average Bonchev–Trinajstić information content (AvgIpc) is 2.97. The van der Waals surface area contributed by atoms with E-state index in [9.17, 15) is 0 Å². The molecule has 0 N–H and O–H groups in total. The second-order valence-corrected chi connectivity index (χ2v) is 8.16. The molecule has 1 unspecified atom stereocenters. The molecule has 0 amide bonds. The highest BCUT2D eigenvalue weighted by molar-refractivity contribution is 6.20. The van der Waals surface area contributed by atoms with Crippen LogP contribution in [0.2, 0.25) is 0 Å². The quantitative estimate of drug-likeness (QED) is 0.281. The lowest BCUT2D eigenvalue weighted by Crippen LogP contribution is -2.07. The van der Waals surface area contributed by atoms with Crippen LogP contribution in [0.15, 0.2) is 72.8 Å². The van der Waals surface area contributed by atoms with E-state index in [1.165, 1.54) is 60.4 Å². The minimum absolute atomic E-state index is 0.418. The highest BCUT2D eigenvalue weighted by Crippen LogP contribution is 2.52. The lowest BCUT2D eigenvalue weighted by molar-refractivity contribution is 0.811. The third kappa shape index (κ3) is 1.60. The summed E-state index contributed by atoms with van der Waals surface area (Å²) >= 11 is 0. The summed E-state index contributed by atoms with van der Waals surface area (Å²) in [5, 5.41) is 6.92. The monoisotopic (exact) mass is 357 g/mol. The fourth-order valence-corrected chi connectivity index (χ4v) is 5.72. The molecule has 2 aliphatic carbocycles. The zero-order valence-corrected chi connectivity index (χ0v) is 15.7. The number of fused-ring (bicyclic) bond motifs is 5. The third-order valence-corrected chi connectivity index (χ3v) is 6.89. The maximum atomic E-state index is 2.38. The molecular formula is C27H19N. The van der Waals surface area contributed by atoms with Gasteiger partial charge in [-0.2, -0.15) is 0 Å². The van der Waals surface area contributed by atoms with E-state index in [1.54, 1.807) is 0 Å². The molecule has 0 bridgehead atoms. The first-order chi connectivity index (χ1) is 13.8. The van der Waals surface area contributed by atoms with Crippen LogP contribution in [0.4, 0.5) is 0 Å². The number of nitrogens with zero attached hydrogens (tertiary/aromatic N) is 1. The van der Waals surface area contributed by atoms with Crippen molar-refractivity contribution in [2.75, 3.05) is 0 Å². The van der Waals surface area contributed by atoms with Crippen LogP contribution in [0.25, 0.3) is 49.7 Å². The van der Waals surface area contributed by atoms with Crippen LogP contribution in [0.3, 0.4) is 0 Å². The summed E-state index contributed by atoms with van der Waals surface area (Å²) in [6.07, 6.45) is 5.76. The Morgan fingerprint density at radius 1 is 0.821 bits per heavy atom. The number of allylic oxidation sites excluding steroid dienone is 1. The summed E-state index contributed by atoms with van der Waals surface area (Å²) in [4.78, 5) is 0. The predicted octanol–water partition coefficient (Wildman–Crippen LogP) is 7.01. The standard InChI is InChI=1S/C27H19N/c1-28-22-11-5-9-19-20-14-12-16-6-2-3-8-18(16)25(20)21-10-4-7-17-13-15-23(28)27(24(17)21)26(19)22/h2-8,10-15,19H,9H2,1H3. The molecule has 0 radical (unpaired) electrons. The van der Waals surface area contributed by atoms with Gasteiger partial charge in [-0.05, 0) is 62.4 Å². The molecule has 7 rings (SSSR count). The number of benzene rings is 4. The van der Waals surface area contributed by atoms with Crippen molar-refractivity contribution in [1.29, 1.82) is 0 Å². The molecule has 0 saturated heterocycles. The molecule has 4 aromatic carbocycles. The predicted molar refractivity (Wildman–Crippen MR) is 119 cm³/mol. The Bertz CT molecular complexity index is 1500. The summed E-state index contributed by atoms with van der Waals surface area (Å²) in [5.74, 6) is 0.418. The molecular weight excluding hydrogens is 338 g/mol. The Balaban J connectivity index is 1.83. The van der Waals surface area contributed by atoms with E-state index in [0.717, 1.165) is 6.42 Å². The summed E-state index contributed by atoms with van der Waals surface area (Å²) in [7, 11) is 2.21. The van der Waals surface area contributed by atoms with Gasteiger partial charge in [0.2, 0.25) is 0 Å². The Kier molecular flexibility index (Phi) is 2.59. The van der Waals surface area contributed by atoms with Gasteiger partial charge in [0.15, 0.2) is 0 Å². The van der Waals surface area contributed by atoms with Crippen molar-refractivity contribution in [2.24, 2.45) is 7.05 Å². The minimum atomic E-state index is 0.418. The Morgan fingerprint density at radius 2 is 1.68 bits per heavy atom. The van der Waals surface area contributed by atoms with Gasteiger partial charge in [-0.3, -0.25) is 0 Å². The van der Waals surface area contributed by atoms with E-state index in [4.69, 9.17) is 0 Å². The number of aromatic nitrogens is 1. The van der Waals surface area contributed by atoms with Gasteiger partial charge in [-0.1, -0.05) is 66.7 Å². The van der Waals surface area contributed by atoms with E-state index in [-0.39, 0.29) is 0 Å². The second kappa shape index (κ2) is 4.94. The largest absolute Gasteiger partial charge is 0.344 e. The topological polar surface area (TPSA) is 4.93 Å². The molecule has 0 aliphatic heterocycles. The van der Waals surface area contributed by atoms with Crippen LogP contribution in [-0.2, 0) is 7.05 Å². The molecule has 1 nitrogen and oxygen atoms in total. The van der Waals surface area contributed by atoms with Crippen LogP contribution in [0.1, 0.15) is 29.2 Å². The highest BCUT2D eigenvalue weighted by Gasteiger charge is 2.32. The number of rotatable bonds is 0. The Morgan fingerprint density at radius 3 is 2.64 bits per heavy atom. The first-order valence-corrected chi connectivity index (χ1v) is 10.1. The Labute approximate surface area is 163 Å². The van der Waals surface area contributed by atoms with Crippen LogP contribution in [0.5, 0.6) is 0 Å². The minimum Gasteiger partial charge on any atom is -0.344 e. The lowest BCUT2D eigenvalue weighted by Gasteiger charge is -2.23. The van der Waals surface area contributed by atoms with Crippen molar-refractivity contribution in [3.8, 4) is 11.1 Å². The van der Waals surface area contributed by atoms with Crippen molar-refractivity contribution < 1.29 is 0 Å². The SMILES string of the molecule is Cn1c2c3c4c5c(cccc5ccc41)-c1c(ccc4ccccc14)C3CC=C2. The molecule has 1 atom stereocenters. The summed E-state index contributed by atoms with van der Waals surface area (Å²) < 4.78 is 2.38. The third-order valence-electron chi connectivity index (χ3n) is 6.89. The van der Waals surface area contributed by atoms with Crippen LogP contribution >= 0.6 is 0 Å². The summed E-state index contributed by atoms with van der Waals surface area (Å²) in [6.45, 7) is 0. The lowest BCUT2D eigenvalue weighted by atomic mass is 9.81. The first kappa shape index (κ1) is 14.7. The average molecular weight is 357 g/mol. The highest BCUT2D eigenvalue weighted by atomic mass is 14.9. The van der Waals surface area contributed by atoms with Gasteiger partial charge in [-0.25, -0.2) is 0 Å². The molecule has 2 aliphatic rings. The van der Waals surface area contributed by atoms with Gasteiger partial charge in [0, 0.05) is 29.6 Å². The van der Waals surface area contributed by atoms with Gasteiger partial charge in [0.25, 0.3) is 0 Å². The van der Waals surface area contributed by atoms with Gasteiger partial charge < -0.3 is 4.57 Å². The number of hydrogen-bond acceptors (Lipinski definition) is 0. The molecule has 5 aromatic rings. The molecule has 28 heavy (non-hydrogen) atoms. The molecule has 1 heteroatoms. The van der Waals surface area contributed by atoms with Crippen molar-refractivity contribution in [2.45, 2.75) is 12.3 Å². The van der Waals surface area contributed by atoms with E-state index in [0.29, 0.717) is 5.92 Å². The van der Waals surface area contributed by atoms with Crippen molar-refractivity contribution in [1.82, 2.24) is 4.57 Å². The van der Waals surface area contributed by atoms with Crippen molar-refractivity contribution in [3.05, 3.63) is 89.6 Å². The Hall–Kier alpha value is -3.32. The summed E-state index contributed by atoms with van der Waals surface area (Å²) in [5.41, 5.74) is 8.53. The fourth-order valence-electron chi connectivity index (χ4n) is 5.72. The molecule has 1 aromatic heterocycles. The van der Waals surface area contributed by atoms with E-state index < -0.39 is 0 Å². The maximum absolute atomic E-state index is 2.38. The zero-order chi connectivity index (χ0) is 18.4. The van der Waals surface area contributed by atoms with Gasteiger partial charge in [-0.15, -0.1) is 0 Å². The molecule has 1 heterocycles. The van der Waals surface area contributed by atoms with Crippen molar-refractivity contribution in [3.63, 3.8) is 0 Å². The molecule has 0 spiro atoms. The maximum Gasteiger partial charge on any atom is 0.0492 e. The van der Waals surface area contributed by atoms with Crippen LogP contribution in [-0.4, -0.2) is 4.57 Å². The number of aryl methyl sites for hydroxylation is 1. The first-order valence-electron chi connectivity index (χ1n) is 10.1. The van der Waals surface area contributed by atoms with E-state index in [1.807, 2.05) is 0 Å². The normalized spacial score (nSPS) is 16.8. The molecule has 0 saturated carbocycles. The van der Waals surface area contributed by atoms with Crippen LogP contribution in [0, 0.1) is 0 Å². The summed E-state index contributed by atoms with van der Waals surface area (Å²) in [6, 6.07) is 25.0. The van der Waals surface area contributed by atoms with Gasteiger partial charge >= 0.3 is 0 Å².